The molecule has 0 aliphatic heterocycles. The van der Waals surface area contributed by atoms with Crippen LogP contribution in [0.3, 0.4) is 0 Å². The molecule has 1 heterocycles. The smallest absolute Gasteiger partial charge is 0.236 e. The average molecular weight is 416 g/mol. The Bertz CT molecular complexity index is 756. The Morgan fingerprint density at radius 2 is 1.97 bits per heavy atom. The van der Waals surface area contributed by atoms with Crippen LogP contribution in [0, 0.1) is 11.3 Å². The second-order valence-electron chi connectivity index (χ2n) is 8.44. The molecule has 1 aromatic rings. The van der Waals surface area contributed by atoms with E-state index in [-0.39, 0.29) is 11.2 Å². The minimum atomic E-state index is -0.661. The van der Waals surface area contributed by atoms with Gasteiger partial charge < -0.3 is 9.47 Å². The van der Waals surface area contributed by atoms with Gasteiger partial charge in [-0.05, 0) is 32.6 Å². The number of nitriles is 1. The maximum absolute atomic E-state index is 13.2. The van der Waals surface area contributed by atoms with Crippen LogP contribution in [0.4, 0.5) is 0 Å². The van der Waals surface area contributed by atoms with Gasteiger partial charge in [0.2, 0.25) is 5.91 Å². The molecule has 7 heteroatoms. The molecule has 0 bridgehead atoms. The second kappa shape index (κ2) is 9.80. The van der Waals surface area contributed by atoms with Crippen molar-refractivity contribution in [2.24, 2.45) is 0 Å². The summed E-state index contributed by atoms with van der Waals surface area (Å²) in [4.78, 5) is 14.9. The lowest BCUT2D eigenvalue weighted by atomic mass is 9.81. The van der Waals surface area contributed by atoms with Crippen molar-refractivity contribution in [2.45, 2.75) is 99.5 Å². The number of rotatable bonds is 7. The third-order valence-corrected chi connectivity index (χ3v) is 7.59. The van der Waals surface area contributed by atoms with Crippen LogP contribution in [-0.4, -0.2) is 43.4 Å². The van der Waals surface area contributed by atoms with E-state index < -0.39 is 5.54 Å². The van der Waals surface area contributed by atoms with Crippen molar-refractivity contribution in [1.29, 1.82) is 5.26 Å². The summed E-state index contributed by atoms with van der Waals surface area (Å²) in [6.07, 6.45) is 12.6. The van der Waals surface area contributed by atoms with E-state index in [0.29, 0.717) is 12.5 Å². The van der Waals surface area contributed by atoms with Gasteiger partial charge in [0.1, 0.15) is 11.4 Å². The molecule has 3 rings (SSSR count). The van der Waals surface area contributed by atoms with E-state index in [0.717, 1.165) is 55.9 Å². The predicted octanol–water partition coefficient (Wildman–Crippen LogP) is 4.68. The zero-order valence-electron chi connectivity index (χ0n) is 17.8. The number of amides is 1. The summed E-state index contributed by atoms with van der Waals surface area (Å²) in [6.45, 7) is 6.45. The van der Waals surface area contributed by atoms with E-state index in [1.165, 1.54) is 31.0 Å². The summed E-state index contributed by atoms with van der Waals surface area (Å²) in [5.74, 6) is 1.47. The largest absolute Gasteiger partial charge is 0.326 e. The van der Waals surface area contributed by atoms with E-state index >= 15 is 0 Å². The van der Waals surface area contributed by atoms with E-state index in [2.05, 4.69) is 27.4 Å². The maximum atomic E-state index is 13.2. The van der Waals surface area contributed by atoms with Crippen molar-refractivity contribution in [1.82, 2.24) is 19.7 Å². The summed E-state index contributed by atoms with van der Waals surface area (Å²) >= 11 is 1.45. The van der Waals surface area contributed by atoms with Crippen molar-refractivity contribution in [3.05, 3.63) is 18.5 Å². The lowest BCUT2D eigenvalue weighted by Crippen LogP contribution is -2.52. The van der Waals surface area contributed by atoms with Crippen LogP contribution in [0.5, 0.6) is 0 Å². The van der Waals surface area contributed by atoms with Crippen LogP contribution in [0.2, 0.25) is 0 Å². The van der Waals surface area contributed by atoms with Gasteiger partial charge in [-0.1, -0.05) is 56.4 Å². The lowest BCUT2D eigenvalue weighted by molar-refractivity contribution is -0.133. The highest BCUT2D eigenvalue weighted by Crippen LogP contribution is 2.36. The van der Waals surface area contributed by atoms with Gasteiger partial charge in [0.25, 0.3) is 0 Å². The van der Waals surface area contributed by atoms with Gasteiger partial charge in [0, 0.05) is 19.5 Å². The Labute approximate surface area is 178 Å². The highest BCUT2D eigenvalue weighted by Gasteiger charge is 2.40. The molecule has 0 unspecified atom stereocenters. The Balaban J connectivity index is 1.74. The third-order valence-electron chi connectivity index (χ3n) is 6.52. The molecule has 0 aromatic carbocycles. The standard InChI is InChI=1S/C22H33N5OS/c1-4-15-27-19(18-11-7-5-8-12-18)24-25-21(27)29-17(2)20(28)26(3)22(16-23)13-9-6-10-14-22/h4,17-18H,1,5-15H2,2-3H3/t17-/m0/s1. The molecule has 158 valence electrons. The van der Waals surface area contributed by atoms with Crippen LogP contribution >= 0.6 is 11.8 Å². The zero-order valence-corrected chi connectivity index (χ0v) is 18.6. The Hall–Kier alpha value is -1.81. The van der Waals surface area contributed by atoms with E-state index in [1.807, 2.05) is 13.0 Å². The van der Waals surface area contributed by atoms with Crippen molar-refractivity contribution >= 4 is 17.7 Å². The number of carbonyl (C=O) groups is 1. The first-order valence-corrected chi connectivity index (χ1v) is 11.8. The Morgan fingerprint density at radius 1 is 1.31 bits per heavy atom. The molecule has 6 nitrogen and oxygen atoms in total. The average Bonchev–Trinajstić information content (AvgIpc) is 3.16. The first-order chi connectivity index (χ1) is 14.0. The van der Waals surface area contributed by atoms with Gasteiger partial charge in [0.05, 0.1) is 11.3 Å². The number of hydrogen-bond donors (Lipinski definition) is 0. The fourth-order valence-corrected chi connectivity index (χ4v) is 5.66. The van der Waals surface area contributed by atoms with Crippen LogP contribution in [-0.2, 0) is 11.3 Å². The SMILES string of the molecule is C=CCn1c(S[C@@H](C)C(=O)N(C)C2(C#N)CCCCC2)nnc1C1CCCCC1. The van der Waals surface area contributed by atoms with Crippen molar-refractivity contribution in [3.8, 4) is 6.07 Å². The molecule has 2 aliphatic carbocycles. The molecule has 2 fully saturated rings. The summed E-state index contributed by atoms with van der Waals surface area (Å²) in [7, 11) is 1.79. The molecule has 2 saturated carbocycles. The predicted molar refractivity (Wildman–Crippen MR) is 116 cm³/mol. The fourth-order valence-electron chi connectivity index (χ4n) is 4.70. The molecule has 0 spiro atoms. The van der Waals surface area contributed by atoms with Gasteiger partial charge >= 0.3 is 0 Å². The fraction of sp³-hybridized carbons (Fsp3) is 0.727. The van der Waals surface area contributed by atoms with Crippen LogP contribution in [0.1, 0.15) is 82.9 Å². The summed E-state index contributed by atoms with van der Waals surface area (Å²) in [6, 6.07) is 2.45. The lowest BCUT2D eigenvalue weighted by Gasteiger charge is -2.40. The zero-order chi connectivity index (χ0) is 20.9. The normalized spacial score (nSPS) is 20.6. The maximum Gasteiger partial charge on any atom is 0.236 e. The van der Waals surface area contributed by atoms with Gasteiger partial charge in [-0.3, -0.25) is 4.79 Å². The van der Waals surface area contributed by atoms with Crippen LogP contribution in [0.15, 0.2) is 17.8 Å². The highest BCUT2D eigenvalue weighted by molar-refractivity contribution is 8.00. The monoisotopic (exact) mass is 415 g/mol. The van der Waals surface area contributed by atoms with E-state index in [4.69, 9.17) is 0 Å². The van der Waals surface area contributed by atoms with Crippen molar-refractivity contribution in [2.75, 3.05) is 7.05 Å². The summed E-state index contributed by atoms with van der Waals surface area (Å²) < 4.78 is 2.12. The number of nitrogens with zero attached hydrogens (tertiary/aromatic N) is 5. The second-order valence-corrected chi connectivity index (χ2v) is 9.74. The number of allylic oxidation sites excluding steroid dienone is 1. The summed E-state index contributed by atoms with van der Waals surface area (Å²) in [5.41, 5.74) is -0.661. The molecule has 0 saturated heterocycles. The van der Waals surface area contributed by atoms with Crippen LogP contribution < -0.4 is 0 Å². The van der Waals surface area contributed by atoms with Crippen LogP contribution in [0.25, 0.3) is 0 Å². The molecular weight excluding hydrogens is 382 g/mol. The molecule has 2 aliphatic rings. The minimum Gasteiger partial charge on any atom is -0.326 e. The minimum absolute atomic E-state index is 0.00850. The van der Waals surface area contributed by atoms with Crippen molar-refractivity contribution in [3.63, 3.8) is 0 Å². The Morgan fingerprint density at radius 3 is 2.59 bits per heavy atom. The first-order valence-electron chi connectivity index (χ1n) is 10.9. The Kier molecular flexibility index (Phi) is 7.39. The molecule has 1 amide bonds. The number of carbonyl (C=O) groups excluding carboxylic acids is 1. The van der Waals surface area contributed by atoms with Gasteiger partial charge in [-0.2, -0.15) is 5.26 Å². The van der Waals surface area contributed by atoms with E-state index in [1.54, 1.807) is 11.9 Å². The molecule has 29 heavy (non-hydrogen) atoms. The number of hydrogen-bond acceptors (Lipinski definition) is 5. The van der Waals surface area contributed by atoms with Gasteiger partial charge in [-0.15, -0.1) is 16.8 Å². The highest BCUT2D eigenvalue weighted by atomic mass is 32.2. The van der Waals surface area contributed by atoms with Gasteiger partial charge in [0.15, 0.2) is 5.16 Å². The molecule has 1 aromatic heterocycles. The van der Waals surface area contributed by atoms with Gasteiger partial charge in [-0.25, -0.2) is 0 Å². The molecule has 0 N–H and O–H groups in total. The van der Waals surface area contributed by atoms with E-state index in [9.17, 15) is 10.1 Å². The topological polar surface area (TPSA) is 74.8 Å². The molecular formula is C22H33N5OS. The number of aromatic nitrogens is 3. The molecule has 1 atom stereocenters. The summed E-state index contributed by atoms with van der Waals surface area (Å²) in [5, 5.41) is 19.2. The third kappa shape index (κ3) is 4.69. The quantitative estimate of drug-likeness (QED) is 0.477. The number of thioether (sulfide) groups is 1. The van der Waals surface area contributed by atoms with Crippen molar-refractivity contribution < 1.29 is 4.79 Å². The molecule has 0 radical (unpaired) electrons. The first kappa shape index (κ1) is 21.9.